The van der Waals surface area contributed by atoms with Crippen LogP contribution in [0.5, 0.6) is 0 Å². The summed E-state index contributed by atoms with van der Waals surface area (Å²) >= 11 is 1.59. The summed E-state index contributed by atoms with van der Waals surface area (Å²) in [4.78, 5) is 0. The van der Waals surface area contributed by atoms with Gasteiger partial charge in [-0.25, -0.2) is 0 Å². The number of hydrogen-bond acceptors (Lipinski definition) is 5. The number of rotatable bonds is 6. The van der Waals surface area contributed by atoms with Crippen LogP contribution in [0.3, 0.4) is 0 Å². The van der Waals surface area contributed by atoms with E-state index >= 15 is 0 Å². The van der Waals surface area contributed by atoms with Crippen LogP contribution in [0, 0.1) is 0 Å². The first-order chi connectivity index (χ1) is 6.77. The van der Waals surface area contributed by atoms with Gasteiger partial charge in [0.2, 0.25) is 0 Å². The Morgan fingerprint density at radius 1 is 1.71 bits per heavy atom. The molecule has 0 aliphatic rings. The van der Waals surface area contributed by atoms with Crippen LogP contribution in [0.4, 0.5) is 0 Å². The van der Waals surface area contributed by atoms with Gasteiger partial charge in [0, 0.05) is 18.8 Å². The zero-order valence-corrected chi connectivity index (χ0v) is 9.29. The van der Waals surface area contributed by atoms with E-state index in [1.807, 2.05) is 18.5 Å². The van der Waals surface area contributed by atoms with Crippen LogP contribution in [0.2, 0.25) is 0 Å². The van der Waals surface area contributed by atoms with E-state index in [-0.39, 0.29) is 12.6 Å². The van der Waals surface area contributed by atoms with E-state index < -0.39 is 0 Å². The Morgan fingerprint density at radius 2 is 2.50 bits per heavy atom. The third-order valence-electron chi connectivity index (χ3n) is 1.80. The van der Waals surface area contributed by atoms with Crippen molar-refractivity contribution in [2.75, 3.05) is 18.9 Å². The fraction of sp³-hybridized carbons (Fsp3) is 0.750. The highest BCUT2D eigenvalue weighted by Crippen LogP contribution is 2.14. The molecule has 1 atom stereocenters. The number of hydrogen-bond donors (Lipinski definition) is 2. The molecule has 1 rings (SSSR count). The Kier molecular flexibility index (Phi) is 4.92. The summed E-state index contributed by atoms with van der Waals surface area (Å²) in [5.74, 6) is 0.802. The number of aliphatic hydroxyl groups excluding tert-OH is 1. The van der Waals surface area contributed by atoms with Crippen molar-refractivity contribution in [2.24, 2.45) is 7.05 Å². The number of aromatic nitrogens is 3. The molecule has 0 aromatic carbocycles. The Morgan fingerprint density at radius 3 is 3.00 bits per heavy atom. The number of nitrogens with zero attached hydrogens (tertiary/aromatic N) is 3. The largest absolute Gasteiger partial charge is 0.395 e. The molecule has 0 aliphatic heterocycles. The molecule has 1 aromatic rings. The predicted molar refractivity (Wildman–Crippen MR) is 56.3 cm³/mol. The molecule has 0 bridgehead atoms. The number of aliphatic hydroxyl groups is 1. The molecule has 2 N–H and O–H groups in total. The molecular formula is C8H16N4OS. The van der Waals surface area contributed by atoms with E-state index in [4.69, 9.17) is 5.11 Å². The summed E-state index contributed by atoms with van der Waals surface area (Å²) in [7, 11) is 1.91. The average Bonchev–Trinajstić information content (AvgIpc) is 2.59. The number of likely N-dealkylation sites (N-methyl/N-ethyl adjacent to an activating group) is 1. The van der Waals surface area contributed by atoms with Gasteiger partial charge in [-0.3, -0.25) is 0 Å². The van der Waals surface area contributed by atoms with Gasteiger partial charge in [-0.15, -0.1) is 10.2 Å². The number of thioether (sulfide) groups is 1. The lowest BCUT2D eigenvalue weighted by Crippen LogP contribution is -2.34. The Balaban J connectivity index is 2.35. The standard InChI is InChI=1S/C8H16N4OS/c1-3-9-7(4-13)5-14-8-11-10-6-12(8)2/h6-7,9,13H,3-5H2,1-2H3. The third kappa shape index (κ3) is 3.28. The lowest BCUT2D eigenvalue weighted by Gasteiger charge is -2.13. The fourth-order valence-electron chi connectivity index (χ4n) is 1.04. The van der Waals surface area contributed by atoms with E-state index in [2.05, 4.69) is 15.5 Å². The maximum absolute atomic E-state index is 9.04. The molecule has 0 fully saturated rings. The van der Waals surface area contributed by atoms with Crippen LogP contribution in [0.25, 0.3) is 0 Å². The van der Waals surface area contributed by atoms with Gasteiger partial charge in [0.25, 0.3) is 0 Å². The summed E-state index contributed by atoms with van der Waals surface area (Å²) in [6, 6.07) is 0.127. The molecule has 1 aromatic heterocycles. The Labute approximate surface area is 87.9 Å². The predicted octanol–water partition coefficient (Wildman–Crippen LogP) is -0.122. The molecule has 5 nitrogen and oxygen atoms in total. The second kappa shape index (κ2) is 6.00. The first kappa shape index (κ1) is 11.5. The van der Waals surface area contributed by atoms with E-state index in [9.17, 15) is 0 Å². The van der Waals surface area contributed by atoms with Gasteiger partial charge in [-0.05, 0) is 6.54 Å². The van der Waals surface area contributed by atoms with Crippen molar-refractivity contribution in [3.63, 3.8) is 0 Å². The molecule has 0 saturated carbocycles. The maximum atomic E-state index is 9.04. The highest BCUT2D eigenvalue weighted by molar-refractivity contribution is 7.99. The Bertz CT molecular complexity index is 266. The summed E-state index contributed by atoms with van der Waals surface area (Å²) in [5.41, 5.74) is 0. The second-order valence-corrected chi connectivity index (χ2v) is 3.96. The SMILES string of the molecule is CCNC(CO)CSc1nncn1C. The molecular weight excluding hydrogens is 200 g/mol. The lowest BCUT2D eigenvalue weighted by atomic mass is 10.4. The summed E-state index contributed by atoms with van der Waals surface area (Å²) in [5, 5.41) is 20.8. The van der Waals surface area contributed by atoms with Crippen molar-refractivity contribution in [3.05, 3.63) is 6.33 Å². The van der Waals surface area contributed by atoms with Crippen LogP contribution in [0.1, 0.15) is 6.92 Å². The van der Waals surface area contributed by atoms with E-state index in [1.165, 1.54) is 0 Å². The molecule has 0 amide bonds. The zero-order valence-electron chi connectivity index (χ0n) is 8.47. The topological polar surface area (TPSA) is 63.0 Å². The Hall–Kier alpha value is -0.590. The quantitative estimate of drug-likeness (QED) is 0.649. The molecule has 1 unspecified atom stereocenters. The molecule has 14 heavy (non-hydrogen) atoms. The molecule has 6 heteroatoms. The summed E-state index contributed by atoms with van der Waals surface area (Å²) in [6.07, 6.45) is 1.67. The normalized spacial score (nSPS) is 13.1. The van der Waals surface area contributed by atoms with E-state index in [0.717, 1.165) is 17.5 Å². The minimum absolute atomic E-state index is 0.127. The van der Waals surface area contributed by atoms with Gasteiger partial charge < -0.3 is 15.0 Å². The molecule has 0 radical (unpaired) electrons. The van der Waals surface area contributed by atoms with Gasteiger partial charge in [0.1, 0.15) is 6.33 Å². The minimum atomic E-state index is 0.127. The van der Waals surface area contributed by atoms with E-state index in [1.54, 1.807) is 18.1 Å². The summed E-state index contributed by atoms with van der Waals surface area (Å²) < 4.78 is 1.87. The van der Waals surface area contributed by atoms with Crippen molar-refractivity contribution >= 4 is 11.8 Å². The smallest absolute Gasteiger partial charge is 0.190 e. The van der Waals surface area contributed by atoms with E-state index in [0.29, 0.717) is 0 Å². The summed E-state index contributed by atoms with van der Waals surface area (Å²) in [6.45, 7) is 3.04. The lowest BCUT2D eigenvalue weighted by molar-refractivity contribution is 0.255. The first-order valence-electron chi connectivity index (χ1n) is 4.59. The van der Waals surface area contributed by atoms with Crippen molar-refractivity contribution in [1.82, 2.24) is 20.1 Å². The van der Waals surface area contributed by atoms with Crippen LogP contribution >= 0.6 is 11.8 Å². The zero-order chi connectivity index (χ0) is 10.4. The van der Waals surface area contributed by atoms with Crippen LogP contribution < -0.4 is 5.32 Å². The van der Waals surface area contributed by atoms with Crippen LogP contribution in [-0.2, 0) is 7.05 Å². The number of nitrogens with one attached hydrogen (secondary N) is 1. The molecule has 0 saturated heterocycles. The van der Waals surface area contributed by atoms with Gasteiger partial charge in [0.05, 0.1) is 6.61 Å². The van der Waals surface area contributed by atoms with Gasteiger partial charge >= 0.3 is 0 Å². The van der Waals surface area contributed by atoms with Gasteiger partial charge in [0.15, 0.2) is 5.16 Å². The average molecular weight is 216 g/mol. The first-order valence-corrected chi connectivity index (χ1v) is 5.57. The molecule has 0 spiro atoms. The maximum Gasteiger partial charge on any atom is 0.190 e. The fourth-order valence-corrected chi connectivity index (χ4v) is 1.97. The highest BCUT2D eigenvalue weighted by Gasteiger charge is 2.08. The monoisotopic (exact) mass is 216 g/mol. The third-order valence-corrected chi connectivity index (χ3v) is 2.99. The number of aryl methyl sites for hydroxylation is 1. The van der Waals surface area contributed by atoms with Crippen molar-refractivity contribution < 1.29 is 5.11 Å². The van der Waals surface area contributed by atoms with Crippen LogP contribution in [0.15, 0.2) is 11.5 Å². The molecule has 1 heterocycles. The molecule has 0 aliphatic carbocycles. The molecule has 80 valence electrons. The van der Waals surface area contributed by atoms with Crippen molar-refractivity contribution in [2.45, 2.75) is 18.1 Å². The highest BCUT2D eigenvalue weighted by atomic mass is 32.2. The second-order valence-electron chi connectivity index (χ2n) is 2.97. The van der Waals surface area contributed by atoms with Crippen molar-refractivity contribution in [1.29, 1.82) is 0 Å². The van der Waals surface area contributed by atoms with Crippen LogP contribution in [-0.4, -0.2) is 44.8 Å². The van der Waals surface area contributed by atoms with Gasteiger partial charge in [-0.1, -0.05) is 18.7 Å². The van der Waals surface area contributed by atoms with Crippen molar-refractivity contribution in [3.8, 4) is 0 Å². The minimum Gasteiger partial charge on any atom is -0.395 e. The van der Waals surface area contributed by atoms with Gasteiger partial charge in [-0.2, -0.15) is 0 Å².